The van der Waals surface area contributed by atoms with Crippen LogP contribution < -0.4 is 9.47 Å². The van der Waals surface area contributed by atoms with Gasteiger partial charge in [0.15, 0.2) is 11.5 Å². The number of carbonyl (C=O) groups is 1. The fourth-order valence-corrected chi connectivity index (χ4v) is 7.27. The van der Waals surface area contributed by atoms with Gasteiger partial charge in [-0.25, -0.2) is 0 Å². The molecular formula is C30H33NO4. The quantitative estimate of drug-likeness (QED) is 0.520. The second kappa shape index (κ2) is 8.35. The van der Waals surface area contributed by atoms with Crippen molar-refractivity contribution in [3.05, 3.63) is 71.3 Å². The third kappa shape index (κ3) is 3.25. The summed E-state index contributed by atoms with van der Waals surface area (Å²) >= 11 is 0. The number of rotatable bonds is 5. The molecule has 35 heavy (non-hydrogen) atoms. The summed E-state index contributed by atoms with van der Waals surface area (Å²) in [6.45, 7) is 1.45. The van der Waals surface area contributed by atoms with Crippen molar-refractivity contribution in [3.8, 4) is 11.5 Å². The van der Waals surface area contributed by atoms with Crippen molar-refractivity contribution in [3.63, 3.8) is 0 Å². The number of benzene rings is 3. The van der Waals surface area contributed by atoms with E-state index < -0.39 is 11.0 Å². The van der Waals surface area contributed by atoms with Crippen LogP contribution in [0.15, 0.2) is 54.6 Å². The molecule has 0 spiro atoms. The Morgan fingerprint density at radius 1 is 1.00 bits per heavy atom. The lowest BCUT2D eigenvalue weighted by Gasteiger charge is -2.64. The van der Waals surface area contributed by atoms with Gasteiger partial charge in [0.1, 0.15) is 5.78 Å². The van der Waals surface area contributed by atoms with Gasteiger partial charge in [-0.2, -0.15) is 0 Å². The first-order valence-electron chi connectivity index (χ1n) is 12.6. The van der Waals surface area contributed by atoms with Gasteiger partial charge in [-0.15, -0.1) is 0 Å². The van der Waals surface area contributed by atoms with E-state index in [2.05, 4.69) is 60.5 Å². The molecule has 2 aliphatic carbocycles. The van der Waals surface area contributed by atoms with E-state index in [1.165, 1.54) is 16.3 Å². The van der Waals surface area contributed by atoms with Gasteiger partial charge in [-0.05, 0) is 66.9 Å². The van der Waals surface area contributed by atoms with Gasteiger partial charge < -0.3 is 19.1 Å². The molecule has 3 aromatic carbocycles. The number of nitrogens with zero attached hydrogens (tertiary/aromatic N) is 1. The number of carbonyl (C=O) groups excluding carboxylic acids is 1. The van der Waals surface area contributed by atoms with Crippen molar-refractivity contribution < 1.29 is 19.0 Å². The summed E-state index contributed by atoms with van der Waals surface area (Å²) in [4.78, 5) is 15.5. The minimum Gasteiger partial charge on any atom is -0.493 e. The number of Topliss-reactive ketones (excluding diaryl/α,β-unsaturated/α-hetero) is 1. The molecule has 1 unspecified atom stereocenters. The zero-order valence-corrected chi connectivity index (χ0v) is 20.8. The fourth-order valence-electron chi connectivity index (χ4n) is 7.27. The molecule has 182 valence electrons. The highest BCUT2D eigenvalue weighted by molar-refractivity contribution is 5.84. The predicted octanol–water partition coefficient (Wildman–Crippen LogP) is 5.06. The van der Waals surface area contributed by atoms with Gasteiger partial charge in [-0.1, -0.05) is 42.5 Å². The van der Waals surface area contributed by atoms with Crippen molar-refractivity contribution >= 4 is 16.6 Å². The fraction of sp³-hybridized carbons (Fsp3) is 0.433. The minimum absolute atomic E-state index is 0.204. The van der Waals surface area contributed by atoms with Gasteiger partial charge in [0.05, 0.1) is 26.4 Å². The summed E-state index contributed by atoms with van der Waals surface area (Å²) < 4.78 is 18.8. The molecule has 0 aromatic heterocycles. The van der Waals surface area contributed by atoms with E-state index in [-0.39, 0.29) is 6.04 Å². The number of likely N-dealkylation sites (N-methyl/N-ethyl adjacent to an activating group) is 1. The first kappa shape index (κ1) is 22.6. The maximum Gasteiger partial charge on any atom is 0.164 e. The molecule has 3 aliphatic rings. The lowest BCUT2D eigenvalue weighted by atomic mass is 9.49. The smallest absolute Gasteiger partial charge is 0.164 e. The number of hydrogen-bond donors (Lipinski definition) is 0. The molecular weight excluding hydrogens is 438 g/mol. The second-order valence-electron chi connectivity index (χ2n) is 10.4. The summed E-state index contributed by atoms with van der Waals surface area (Å²) in [5.41, 5.74) is 2.65. The molecule has 6 rings (SSSR count). The maximum atomic E-state index is 13.1. The molecule has 5 nitrogen and oxygen atoms in total. The van der Waals surface area contributed by atoms with Gasteiger partial charge in [0.25, 0.3) is 0 Å². The van der Waals surface area contributed by atoms with E-state index in [1.54, 1.807) is 14.2 Å². The molecule has 2 fully saturated rings. The Hall–Kier alpha value is -2.89. The van der Waals surface area contributed by atoms with Gasteiger partial charge >= 0.3 is 0 Å². The molecule has 1 saturated carbocycles. The van der Waals surface area contributed by atoms with E-state index >= 15 is 0 Å². The molecule has 3 atom stereocenters. The summed E-state index contributed by atoms with van der Waals surface area (Å²) in [5, 5.41) is 2.45. The largest absolute Gasteiger partial charge is 0.493 e. The lowest BCUT2D eigenvalue weighted by Crippen LogP contribution is -2.73. The minimum atomic E-state index is -0.466. The highest BCUT2D eigenvalue weighted by atomic mass is 16.5. The van der Waals surface area contributed by atoms with Gasteiger partial charge in [0.2, 0.25) is 0 Å². The summed E-state index contributed by atoms with van der Waals surface area (Å²) in [6.07, 6.45) is 3.52. The molecule has 1 aliphatic heterocycles. The first-order chi connectivity index (χ1) is 17.0. The van der Waals surface area contributed by atoms with Crippen LogP contribution in [0.4, 0.5) is 0 Å². The van der Waals surface area contributed by atoms with Crippen LogP contribution in [0.3, 0.4) is 0 Å². The standard InChI is InChI=1S/C30H33NO4/c1-31-15-14-29-18-24(32)12-13-30(29,35-19-20-8-9-21-6-4-5-7-22(21)16-20)26(31)17-23-10-11-25(33-2)28(34-3)27(23)29/h4-11,16,26H,12-15,17-19H2,1-3H3/t26?,29-,30-/m1/s1. The first-order valence-corrected chi connectivity index (χ1v) is 12.6. The van der Waals surface area contributed by atoms with Crippen LogP contribution in [0.5, 0.6) is 11.5 Å². The third-order valence-electron chi connectivity index (χ3n) is 8.88. The molecule has 0 N–H and O–H groups in total. The van der Waals surface area contributed by atoms with E-state index in [0.29, 0.717) is 25.2 Å². The maximum absolute atomic E-state index is 13.1. The van der Waals surface area contributed by atoms with Crippen molar-refractivity contribution in [1.82, 2.24) is 4.90 Å². The average Bonchev–Trinajstić information content (AvgIpc) is 2.88. The van der Waals surface area contributed by atoms with Crippen molar-refractivity contribution in [2.75, 3.05) is 27.8 Å². The van der Waals surface area contributed by atoms with Crippen molar-refractivity contribution in [1.29, 1.82) is 0 Å². The summed E-state index contributed by atoms with van der Waals surface area (Å²) in [7, 11) is 5.59. The molecule has 0 radical (unpaired) electrons. The van der Waals surface area contributed by atoms with Gasteiger partial charge in [-0.3, -0.25) is 4.79 Å². The van der Waals surface area contributed by atoms with E-state index in [0.717, 1.165) is 48.4 Å². The predicted molar refractivity (Wildman–Crippen MR) is 136 cm³/mol. The van der Waals surface area contributed by atoms with Gasteiger partial charge in [0, 0.05) is 29.9 Å². The van der Waals surface area contributed by atoms with Crippen LogP contribution >= 0.6 is 0 Å². The van der Waals surface area contributed by atoms with E-state index in [9.17, 15) is 4.79 Å². The third-order valence-corrected chi connectivity index (χ3v) is 8.88. The second-order valence-corrected chi connectivity index (χ2v) is 10.4. The molecule has 1 saturated heterocycles. The lowest BCUT2D eigenvalue weighted by molar-refractivity contribution is -0.202. The number of piperidine rings is 1. The molecule has 0 amide bonds. The Bertz CT molecular complexity index is 1300. The zero-order valence-electron chi connectivity index (χ0n) is 20.8. The number of ketones is 1. The zero-order chi connectivity index (χ0) is 24.2. The Balaban J connectivity index is 1.49. The van der Waals surface area contributed by atoms with Crippen molar-refractivity contribution in [2.24, 2.45) is 0 Å². The SMILES string of the molecule is COc1ccc2c(c1OC)[C@]13CCN(C)C(C2)[C@]1(OCc1ccc2ccccc2c1)CCC(=O)C3. The van der Waals surface area contributed by atoms with Crippen LogP contribution in [-0.2, 0) is 28.0 Å². The van der Waals surface area contributed by atoms with Crippen LogP contribution in [0.2, 0.25) is 0 Å². The van der Waals surface area contributed by atoms with E-state index in [1.807, 2.05) is 6.07 Å². The van der Waals surface area contributed by atoms with Crippen LogP contribution in [0.25, 0.3) is 10.8 Å². The number of methoxy groups -OCH3 is 2. The summed E-state index contributed by atoms with van der Waals surface area (Å²) in [6, 6.07) is 19.4. The van der Waals surface area contributed by atoms with Crippen molar-refractivity contribution in [2.45, 2.75) is 55.8 Å². The average molecular weight is 472 g/mol. The topological polar surface area (TPSA) is 48.0 Å². The van der Waals surface area contributed by atoms with E-state index in [4.69, 9.17) is 14.2 Å². The number of hydrogen-bond acceptors (Lipinski definition) is 5. The normalized spacial score (nSPS) is 27.9. The molecule has 3 aromatic rings. The number of ether oxygens (including phenoxy) is 3. The molecule has 1 heterocycles. The Morgan fingerprint density at radius 2 is 1.83 bits per heavy atom. The monoisotopic (exact) mass is 471 g/mol. The Kier molecular flexibility index (Phi) is 5.39. The molecule has 5 heteroatoms. The number of likely N-dealkylation sites (tertiary alicyclic amines) is 1. The van der Waals surface area contributed by atoms with Crippen LogP contribution in [0, 0.1) is 0 Å². The van der Waals surface area contributed by atoms with Crippen LogP contribution in [-0.4, -0.2) is 50.1 Å². The highest BCUT2D eigenvalue weighted by Crippen LogP contribution is 2.62. The Labute approximate surface area is 207 Å². The highest BCUT2D eigenvalue weighted by Gasteiger charge is 2.66. The number of fused-ring (bicyclic) bond motifs is 2. The van der Waals surface area contributed by atoms with Crippen LogP contribution in [0.1, 0.15) is 42.4 Å². The molecule has 2 bridgehead atoms. The Morgan fingerprint density at radius 3 is 2.63 bits per heavy atom. The summed E-state index contributed by atoms with van der Waals surface area (Å²) in [5.74, 6) is 1.80.